The van der Waals surface area contributed by atoms with Crippen molar-refractivity contribution in [2.45, 2.75) is 26.2 Å². The summed E-state index contributed by atoms with van der Waals surface area (Å²) in [5, 5.41) is 3.29. The van der Waals surface area contributed by atoms with Gasteiger partial charge in [0.1, 0.15) is 12.1 Å². The van der Waals surface area contributed by atoms with Gasteiger partial charge >= 0.3 is 0 Å². The van der Waals surface area contributed by atoms with Crippen molar-refractivity contribution in [2.24, 2.45) is 0 Å². The molecule has 2 rings (SSSR count). The third-order valence-corrected chi connectivity index (χ3v) is 3.47. The number of rotatable bonds is 2. The van der Waals surface area contributed by atoms with Crippen molar-refractivity contribution in [3.8, 4) is 0 Å². The summed E-state index contributed by atoms with van der Waals surface area (Å²) >= 11 is 2.22. The SMILES string of the molecule is CC(C)(C)c1ccc(Nc2ncncc2I)cc1. The zero-order valence-electron chi connectivity index (χ0n) is 10.7. The van der Waals surface area contributed by atoms with E-state index in [1.165, 1.54) is 5.56 Å². The normalized spacial score (nSPS) is 11.3. The molecular weight excluding hydrogens is 337 g/mol. The van der Waals surface area contributed by atoms with Crippen LogP contribution in [-0.4, -0.2) is 9.97 Å². The van der Waals surface area contributed by atoms with Crippen molar-refractivity contribution in [2.75, 3.05) is 5.32 Å². The average molecular weight is 353 g/mol. The van der Waals surface area contributed by atoms with Crippen LogP contribution in [0.2, 0.25) is 0 Å². The van der Waals surface area contributed by atoms with Crippen LogP contribution in [0.4, 0.5) is 11.5 Å². The molecule has 2 aromatic rings. The zero-order valence-corrected chi connectivity index (χ0v) is 12.9. The maximum absolute atomic E-state index is 4.22. The first-order valence-electron chi connectivity index (χ1n) is 5.80. The second-order valence-electron chi connectivity index (χ2n) is 5.17. The quantitative estimate of drug-likeness (QED) is 0.826. The second-order valence-corrected chi connectivity index (χ2v) is 6.33. The van der Waals surface area contributed by atoms with Crippen LogP contribution in [0.5, 0.6) is 0 Å². The van der Waals surface area contributed by atoms with Crippen LogP contribution in [0, 0.1) is 3.57 Å². The van der Waals surface area contributed by atoms with E-state index in [4.69, 9.17) is 0 Å². The molecule has 0 atom stereocenters. The van der Waals surface area contributed by atoms with Gasteiger partial charge in [0.25, 0.3) is 0 Å². The largest absolute Gasteiger partial charge is 0.339 e. The fourth-order valence-corrected chi connectivity index (χ4v) is 2.03. The van der Waals surface area contributed by atoms with E-state index in [0.717, 1.165) is 15.1 Å². The Morgan fingerprint density at radius 3 is 2.33 bits per heavy atom. The Bertz CT molecular complexity index is 529. The van der Waals surface area contributed by atoms with Crippen molar-refractivity contribution >= 4 is 34.1 Å². The highest BCUT2D eigenvalue weighted by Crippen LogP contribution is 2.25. The van der Waals surface area contributed by atoms with Gasteiger partial charge in [-0.2, -0.15) is 0 Å². The number of aromatic nitrogens is 2. The molecule has 0 aliphatic carbocycles. The van der Waals surface area contributed by atoms with E-state index in [-0.39, 0.29) is 5.41 Å². The molecule has 0 radical (unpaired) electrons. The summed E-state index contributed by atoms with van der Waals surface area (Å²) in [6.45, 7) is 6.63. The van der Waals surface area contributed by atoms with Gasteiger partial charge in [-0.15, -0.1) is 0 Å². The molecule has 0 fully saturated rings. The highest BCUT2D eigenvalue weighted by atomic mass is 127. The van der Waals surface area contributed by atoms with Gasteiger partial charge in [-0.1, -0.05) is 32.9 Å². The van der Waals surface area contributed by atoms with Crippen molar-refractivity contribution in [3.05, 3.63) is 45.9 Å². The predicted molar refractivity (Wildman–Crippen MR) is 83.2 cm³/mol. The Hall–Kier alpha value is -1.17. The third kappa shape index (κ3) is 3.19. The number of hydrogen-bond acceptors (Lipinski definition) is 3. The fourth-order valence-electron chi connectivity index (χ4n) is 1.59. The van der Waals surface area contributed by atoms with Crippen LogP contribution >= 0.6 is 22.6 Å². The Morgan fingerprint density at radius 2 is 1.78 bits per heavy atom. The lowest BCUT2D eigenvalue weighted by Crippen LogP contribution is -2.10. The molecule has 18 heavy (non-hydrogen) atoms. The van der Waals surface area contributed by atoms with Crippen LogP contribution in [0.25, 0.3) is 0 Å². The van der Waals surface area contributed by atoms with Crippen LogP contribution in [0.15, 0.2) is 36.8 Å². The van der Waals surface area contributed by atoms with Gasteiger partial charge in [0.2, 0.25) is 0 Å². The van der Waals surface area contributed by atoms with Gasteiger partial charge in [-0.25, -0.2) is 9.97 Å². The molecule has 0 saturated heterocycles. The molecular formula is C14H16IN3. The van der Waals surface area contributed by atoms with Crippen molar-refractivity contribution in [1.82, 2.24) is 9.97 Å². The number of halogens is 1. The molecule has 0 saturated carbocycles. The molecule has 0 amide bonds. The number of hydrogen-bond donors (Lipinski definition) is 1. The van der Waals surface area contributed by atoms with Crippen LogP contribution in [-0.2, 0) is 5.41 Å². The summed E-state index contributed by atoms with van der Waals surface area (Å²) in [6, 6.07) is 8.46. The minimum atomic E-state index is 0.182. The van der Waals surface area contributed by atoms with Gasteiger partial charge in [-0.05, 0) is 45.7 Å². The molecule has 1 aromatic heterocycles. The second kappa shape index (κ2) is 5.22. The lowest BCUT2D eigenvalue weighted by molar-refractivity contribution is 0.590. The molecule has 1 N–H and O–H groups in total. The molecule has 0 bridgehead atoms. The lowest BCUT2D eigenvalue weighted by Gasteiger charge is -2.19. The highest BCUT2D eigenvalue weighted by Gasteiger charge is 2.12. The number of anilines is 2. The Labute approximate surface area is 121 Å². The lowest BCUT2D eigenvalue weighted by atomic mass is 9.87. The summed E-state index contributed by atoms with van der Waals surface area (Å²) in [5.74, 6) is 0.842. The van der Waals surface area contributed by atoms with E-state index in [1.807, 2.05) is 0 Å². The molecule has 1 aromatic carbocycles. The molecule has 0 spiro atoms. The van der Waals surface area contributed by atoms with Crippen molar-refractivity contribution in [3.63, 3.8) is 0 Å². The van der Waals surface area contributed by atoms with Crippen molar-refractivity contribution < 1.29 is 0 Å². The van der Waals surface area contributed by atoms with E-state index in [0.29, 0.717) is 0 Å². The van der Waals surface area contributed by atoms with Crippen molar-refractivity contribution in [1.29, 1.82) is 0 Å². The van der Waals surface area contributed by atoms with E-state index in [1.54, 1.807) is 12.5 Å². The number of benzene rings is 1. The summed E-state index contributed by atoms with van der Waals surface area (Å²) in [6.07, 6.45) is 3.34. The van der Waals surface area contributed by atoms with Gasteiger partial charge < -0.3 is 5.32 Å². The van der Waals surface area contributed by atoms with E-state index < -0.39 is 0 Å². The molecule has 4 heteroatoms. The minimum Gasteiger partial charge on any atom is -0.339 e. The molecule has 94 valence electrons. The maximum Gasteiger partial charge on any atom is 0.147 e. The monoisotopic (exact) mass is 353 g/mol. The molecule has 0 aliphatic rings. The molecule has 1 heterocycles. The Balaban J connectivity index is 2.19. The smallest absolute Gasteiger partial charge is 0.147 e. The van der Waals surface area contributed by atoms with Gasteiger partial charge in [-0.3, -0.25) is 0 Å². The van der Waals surface area contributed by atoms with Crippen LogP contribution in [0.1, 0.15) is 26.3 Å². The summed E-state index contributed by atoms with van der Waals surface area (Å²) < 4.78 is 1.01. The molecule has 0 unspecified atom stereocenters. The summed E-state index contributed by atoms with van der Waals surface area (Å²) in [5.41, 5.74) is 2.55. The van der Waals surface area contributed by atoms with Crippen LogP contribution < -0.4 is 5.32 Å². The van der Waals surface area contributed by atoms with E-state index in [2.05, 4.69) is 82.9 Å². The number of nitrogens with one attached hydrogen (secondary N) is 1. The molecule has 3 nitrogen and oxygen atoms in total. The number of nitrogens with zero attached hydrogens (tertiary/aromatic N) is 2. The first-order chi connectivity index (χ1) is 8.47. The summed E-state index contributed by atoms with van der Waals surface area (Å²) in [7, 11) is 0. The molecule has 0 aliphatic heterocycles. The first kappa shape index (κ1) is 13.3. The minimum absolute atomic E-state index is 0.182. The highest BCUT2D eigenvalue weighted by molar-refractivity contribution is 14.1. The summed E-state index contributed by atoms with van der Waals surface area (Å²) in [4.78, 5) is 8.19. The zero-order chi connectivity index (χ0) is 13.2. The first-order valence-corrected chi connectivity index (χ1v) is 6.88. The standard InChI is InChI=1S/C14H16IN3/c1-14(2,3)10-4-6-11(7-5-10)18-13-12(15)8-16-9-17-13/h4-9H,1-3H3,(H,16,17,18). The Kier molecular flexibility index (Phi) is 3.85. The van der Waals surface area contributed by atoms with Gasteiger partial charge in [0.05, 0.1) is 3.57 Å². The Morgan fingerprint density at radius 1 is 1.11 bits per heavy atom. The average Bonchev–Trinajstić information content (AvgIpc) is 2.32. The van der Waals surface area contributed by atoms with Gasteiger partial charge in [0.15, 0.2) is 0 Å². The van der Waals surface area contributed by atoms with E-state index >= 15 is 0 Å². The predicted octanol–water partition coefficient (Wildman–Crippen LogP) is 4.12. The fraction of sp³-hybridized carbons (Fsp3) is 0.286. The van der Waals surface area contributed by atoms with E-state index in [9.17, 15) is 0 Å². The maximum atomic E-state index is 4.22. The topological polar surface area (TPSA) is 37.8 Å². The third-order valence-electron chi connectivity index (χ3n) is 2.68. The van der Waals surface area contributed by atoms with Crippen LogP contribution in [0.3, 0.4) is 0 Å². The van der Waals surface area contributed by atoms with Gasteiger partial charge in [0, 0.05) is 11.9 Å².